The Morgan fingerprint density at radius 2 is 1.68 bits per heavy atom. The van der Waals surface area contributed by atoms with Gasteiger partial charge in [-0.3, -0.25) is 4.72 Å². The molecule has 2 aromatic carbocycles. The summed E-state index contributed by atoms with van der Waals surface area (Å²) in [5.41, 5.74) is 1.03. The highest BCUT2D eigenvalue weighted by atomic mass is 35.5. The van der Waals surface area contributed by atoms with Crippen LogP contribution in [0.5, 0.6) is 11.5 Å². The van der Waals surface area contributed by atoms with Gasteiger partial charge in [-0.05, 0) is 48.9 Å². The van der Waals surface area contributed by atoms with Gasteiger partial charge in [-0.15, -0.1) is 0 Å². The Morgan fingerprint density at radius 1 is 1.05 bits per heavy atom. The van der Waals surface area contributed by atoms with Crippen LogP contribution in [0.3, 0.4) is 0 Å². The third kappa shape index (κ3) is 3.45. The molecular weight excluding hydrogens is 326 g/mol. The van der Waals surface area contributed by atoms with E-state index >= 15 is 0 Å². The van der Waals surface area contributed by atoms with Crippen molar-refractivity contribution in [2.45, 2.75) is 11.8 Å². The number of anilines is 1. The topological polar surface area (TPSA) is 64.6 Å². The van der Waals surface area contributed by atoms with Gasteiger partial charge >= 0.3 is 0 Å². The minimum absolute atomic E-state index is 0.119. The van der Waals surface area contributed by atoms with E-state index in [1.807, 2.05) is 0 Å². The van der Waals surface area contributed by atoms with E-state index in [2.05, 4.69) is 4.72 Å². The third-order valence-corrected chi connectivity index (χ3v) is 4.66. The number of ether oxygens (including phenoxy) is 2. The van der Waals surface area contributed by atoms with Gasteiger partial charge in [0.25, 0.3) is 10.0 Å². The molecule has 0 fully saturated rings. The smallest absolute Gasteiger partial charge is 0.262 e. The van der Waals surface area contributed by atoms with Gasteiger partial charge in [0.05, 0.1) is 24.8 Å². The van der Waals surface area contributed by atoms with Gasteiger partial charge in [0.15, 0.2) is 0 Å². The molecule has 0 radical (unpaired) electrons. The van der Waals surface area contributed by atoms with Crippen molar-refractivity contribution in [2.24, 2.45) is 0 Å². The molecule has 1 N–H and O–H groups in total. The van der Waals surface area contributed by atoms with Crippen LogP contribution in [0.2, 0.25) is 5.02 Å². The monoisotopic (exact) mass is 341 g/mol. The normalized spacial score (nSPS) is 11.1. The maximum atomic E-state index is 12.4. The SMILES string of the molecule is COc1ccc(S(=O)(=O)Nc2cc(Cl)cc(C)c2OC)cc1. The van der Waals surface area contributed by atoms with Crippen molar-refractivity contribution in [1.82, 2.24) is 0 Å². The standard InChI is InChI=1S/C15H16ClNO4S/c1-10-8-11(16)9-14(15(10)21-3)17-22(18,19)13-6-4-12(20-2)5-7-13/h4-9,17H,1-3H3. The van der Waals surface area contributed by atoms with E-state index < -0.39 is 10.0 Å². The first-order chi connectivity index (χ1) is 10.4. The van der Waals surface area contributed by atoms with Crippen LogP contribution >= 0.6 is 11.6 Å². The molecule has 0 bridgehead atoms. The van der Waals surface area contributed by atoms with Crippen LogP contribution in [0.1, 0.15) is 5.56 Å². The molecule has 5 nitrogen and oxygen atoms in total. The predicted molar refractivity (Wildman–Crippen MR) is 86.5 cm³/mol. The average Bonchev–Trinajstić information content (AvgIpc) is 2.46. The predicted octanol–water partition coefficient (Wildman–Crippen LogP) is 3.47. The molecule has 0 saturated carbocycles. The Bertz CT molecular complexity index is 773. The number of halogens is 1. The van der Waals surface area contributed by atoms with Crippen LogP contribution < -0.4 is 14.2 Å². The van der Waals surface area contributed by atoms with Crippen molar-refractivity contribution >= 4 is 27.3 Å². The Morgan fingerprint density at radius 3 is 2.23 bits per heavy atom. The fourth-order valence-corrected chi connectivity index (χ4v) is 3.36. The van der Waals surface area contributed by atoms with Crippen molar-refractivity contribution in [2.75, 3.05) is 18.9 Å². The number of benzene rings is 2. The maximum absolute atomic E-state index is 12.4. The quantitative estimate of drug-likeness (QED) is 0.904. The summed E-state index contributed by atoms with van der Waals surface area (Å²) in [4.78, 5) is 0.119. The summed E-state index contributed by atoms with van der Waals surface area (Å²) >= 11 is 5.99. The summed E-state index contributed by atoms with van der Waals surface area (Å²) < 4.78 is 37.6. The van der Waals surface area contributed by atoms with Gasteiger partial charge in [0, 0.05) is 5.02 Å². The number of methoxy groups -OCH3 is 2. The fourth-order valence-electron chi connectivity index (χ4n) is 2.04. The molecule has 2 aromatic rings. The lowest BCUT2D eigenvalue weighted by Gasteiger charge is -2.14. The summed E-state index contributed by atoms with van der Waals surface area (Å²) in [6.07, 6.45) is 0. The number of hydrogen-bond acceptors (Lipinski definition) is 4. The van der Waals surface area contributed by atoms with Crippen LogP contribution in [-0.2, 0) is 10.0 Å². The Kier molecular flexibility index (Phi) is 4.83. The van der Waals surface area contributed by atoms with Crippen molar-refractivity contribution in [3.8, 4) is 11.5 Å². The summed E-state index contributed by atoms with van der Waals surface area (Å²) in [5.74, 6) is 1.01. The van der Waals surface area contributed by atoms with Crippen molar-refractivity contribution in [3.05, 3.63) is 47.0 Å². The van der Waals surface area contributed by atoms with E-state index in [0.29, 0.717) is 22.2 Å². The zero-order valence-corrected chi connectivity index (χ0v) is 14.0. The second-order valence-electron chi connectivity index (χ2n) is 4.58. The molecule has 0 heterocycles. The number of sulfonamides is 1. The first-order valence-corrected chi connectivity index (χ1v) is 8.24. The molecule has 2 rings (SSSR count). The lowest BCUT2D eigenvalue weighted by molar-refractivity contribution is 0.413. The van der Waals surface area contributed by atoms with E-state index in [4.69, 9.17) is 21.1 Å². The van der Waals surface area contributed by atoms with Gasteiger partial charge in [0.1, 0.15) is 11.5 Å². The van der Waals surface area contributed by atoms with Crippen LogP contribution in [0.15, 0.2) is 41.3 Å². The van der Waals surface area contributed by atoms with Crippen LogP contribution in [-0.4, -0.2) is 22.6 Å². The highest BCUT2D eigenvalue weighted by Crippen LogP contribution is 2.33. The van der Waals surface area contributed by atoms with Gasteiger partial charge in [-0.2, -0.15) is 0 Å². The van der Waals surface area contributed by atoms with Crippen LogP contribution in [0, 0.1) is 6.92 Å². The zero-order chi connectivity index (χ0) is 16.3. The van der Waals surface area contributed by atoms with Crippen LogP contribution in [0.4, 0.5) is 5.69 Å². The number of nitrogens with one attached hydrogen (secondary N) is 1. The number of aryl methyl sites for hydroxylation is 1. The van der Waals surface area contributed by atoms with Crippen molar-refractivity contribution in [1.29, 1.82) is 0 Å². The molecule has 0 aliphatic heterocycles. The summed E-state index contributed by atoms with van der Waals surface area (Å²) in [6, 6.07) is 9.29. The second kappa shape index (κ2) is 6.46. The van der Waals surface area contributed by atoms with Gasteiger partial charge < -0.3 is 9.47 Å². The van der Waals surface area contributed by atoms with E-state index in [1.165, 1.54) is 32.4 Å². The van der Waals surface area contributed by atoms with Gasteiger partial charge in [-0.25, -0.2) is 8.42 Å². The van der Waals surface area contributed by atoms with Gasteiger partial charge in [-0.1, -0.05) is 11.6 Å². The lowest BCUT2D eigenvalue weighted by atomic mass is 10.2. The molecule has 7 heteroatoms. The van der Waals surface area contributed by atoms with Gasteiger partial charge in [0.2, 0.25) is 0 Å². The highest BCUT2D eigenvalue weighted by Gasteiger charge is 2.18. The fraction of sp³-hybridized carbons (Fsp3) is 0.200. The molecule has 0 aliphatic rings. The van der Waals surface area contributed by atoms with Crippen molar-refractivity contribution < 1.29 is 17.9 Å². The second-order valence-corrected chi connectivity index (χ2v) is 6.70. The molecule has 22 heavy (non-hydrogen) atoms. The number of rotatable bonds is 5. The largest absolute Gasteiger partial charge is 0.497 e. The molecule has 0 aliphatic carbocycles. The molecule has 0 spiro atoms. The lowest BCUT2D eigenvalue weighted by Crippen LogP contribution is -2.14. The van der Waals surface area contributed by atoms with Crippen molar-refractivity contribution in [3.63, 3.8) is 0 Å². The van der Waals surface area contributed by atoms with E-state index in [0.717, 1.165) is 5.56 Å². The Hall–Kier alpha value is -1.92. The minimum Gasteiger partial charge on any atom is -0.497 e. The number of hydrogen-bond donors (Lipinski definition) is 1. The highest BCUT2D eigenvalue weighted by molar-refractivity contribution is 7.92. The molecule has 0 unspecified atom stereocenters. The molecule has 0 amide bonds. The Labute approximate surface area is 134 Å². The molecular formula is C15H16ClNO4S. The molecule has 0 aromatic heterocycles. The average molecular weight is 342 g/mol. The van der Waals surface area contributed by atoms with Crippen LogP contribution in [0.25, 0.3) is 0 Å². The Balaban J connectivity index is 2.40. The molecule has 0 saturated heterocycles. The minimum atomic E-state index is -3.75. The summed E-state index contributed by atoms with van der Waals surface area (Å²) in [6.45, 7) is 1.79. The first kappa shape index (κ1) is 16.5. The maximum Gasteiger partial charge on any atom is 0.262 e. The molecule has 0 atom stereocenters. The third-order valence-electron chi connectivity index (χ3n) is 3.06. The molecule has 118 valence electrons. The summed E-state index contributed by atoms with van der Waals surface area (Å²) in [7, 11) is -0.760. The van der Waals surface area contributed by atoms with E-state index in [1.54, 1.807) is 25.1 Å². The van der Waals surface area contributed by atoms with E-state index in [-0.39, 0.29) is 4.90 Å². The van der Waals surface area contributed by atoms with E-state index in [9.17, 15) is 8.42 Å². The first-order valence-electron chi connectivity index (χ1n) is 6.38. The summed E-state index contributed by atoms with van der Waals surface area (Å²) in [5, 5.41) is 0.422. The zero-order valence-electron chi connectivity index (χ0n) is 12.4.